The van der Waals surface area contributed by atoms with Gasteiger partial charge in [0.25, 0.3) is 0 Å². The third kappa shape index (κ3) is 3.02. The minimum Gasteiger partial charge on any atom is -0.387 e. The lowest BCUT2D eigenvalue weighted by Crippen LogP contribution is -2.28. The third-order valence-corrected chi connectivity index (χ3v) is 2.19. The number of carbonyl (C=O) groups excluding carboxylic acids is 1. The molecule has 12 heavy (non-hydrogen) atoms. The molecule has 0 fully saturated rings. The quantitative estimate of drug-likeness (QED) is 0.713. The van der Waals surface area contributed by atoms with Crippen molar-refractivity contribution in [3.05, 3.63) is 22.4 Å². The first-order chi connectivity index (χ1) is 5.83. The average molecular weight is 185 g/mol. The summed E-state index contributed by atoms with van der Waals surface area (Å²) in [6, 6.07) is 2.02. The van der Waals surface area contributed by atoms with E-state index in [1.165, 1.54) is 5.56 Å². The zero-order valence-corrected chi connectivity index (χ0v) is 7.43. The Kier molecular flexibility index (Phi) is 3.76. The maximum absolute atomic E-state index is 10.6. The number of carbonyl (C=O) groups is 1. The van der Waals surface area contributed by atoms with Crippen molar-refractivity contribution in [3.8, 4) is 0 Å². The Labute approximate surface area is 75.0 Å². The molecule has 1 aromatic heterocycles. The lowest BCUT2D eigenvalue weighted by atomic mass is 10.2. The van der Waals surface area contributed by atoms with Crippen LogP contribution in [-0.4, -0.2) is 24.2 Å². The lowest BCUT2D eigenvalue weighted by Gasteiger charge is -2.00. The highest BCUT2D eigenvalue weighted by Crippen LogP contribution is 2.05. The maximum Gasteiger partial charge on any atom is 0.245 e. The molecule has 1 heterocycles. The van der Waals surface area contributed by atoms with Crippen LogP contribution in [0.5, 0.6) is 0 Å². The molecular formula is C8H11NO2S. The van der Waals surface area contributed by atoms with Gasteiger partial charge in [-0.05, 0) is 28.8 Å². The molecule has 0 bridgehead atoms. The highest BCUT2D eigenvalue weighted by atomic mass is 32.1. The lowest BCUT2D eigenvalue weighted by molar-refractivity contribution is -0.123. The van der Waals surface area contributed by atoms with Crippen LogP contribution in [0.15, 0.2) is 16.8 Å². The second-order valence-electron chi connectivity index (χ2n) is 2.39. The molecule has 0 aliphatic rings. The van der Waals surface area contributed by atoms with E-state index in [1.54, 1.807) is 11.3 Å². The SMILES string of the molecule is O=C(CO)NCCc1ccsc1. The number of rotatable bonds is 4. The summed E-state index contributed by atoms with van der Waals surface area (Å²) in [7, 11) is 0. The largest absolute Gasteiger partial charge is 0.387 e. The van der Waals surface area contributed by atoms with Crippen LogP contribution in [0.4, 0.5) is 0 Å². The summed E-state index contributed by atoms with van der Waals surface area (Å²) in [4.78, 5) is 10.6. The Morgan fingerprint density at radius 2 is 2.50 bits per heavy atom. The molecule has 66 valence electrons. The van der Waals surface area contributed by atoms with Crippen molar-refractivity contribution >= 4 is 17.2 Å². The van der Waals surface area contributed by atoms with Crippen molar-refractivity contribution < 1.29 is 9.90 Å². The predicted octanol–water partition coefficient (Wildman–Crippen LogP) is 0.399. The van der Waals surface area contributed by atoms with Gasteiger partial charge in [-0.15, -0.1) is 0 Å². The van der Waals surface area contributed by atoms with Gasteiger partial charge >= 0.3 is 0 Å². The number of aliphatic hydroxyl groups excluding tert-OH is 1. The van der Waals surface area contributed by atoms with E-state index in [9.17, 15) is 4.79 Å². The Bertz CT molecular complexity index is 233. The van der Waals surface area contributed by atoms with Gasteiger partial charge in [-0.2, -0.15) is 11.3 Å². The highest BCUT2D eigenvalue weighted by molar-refractivity contribution is 7.07. The molecular weight excluding hydrogens is 174 g/mol. The van der Waals surface area contributed by atoms with Crippen molar-refractivity contribution in [1.82, 2.24) is 5.32 Å². The fraction of sp³-hybridized carbons (Fsp3) is 0.375. The smallest absolute Gasteiger partial charge is 0.245 e. The molecule has 3 nitrogen and oxygen atoms in total. The zero-order chi connectivity index (χ0) is 8.81. The van der Waals surface area contributed by atoms with Crippen LogP contribution in [0.2, 0.25) is 0 Å². The number of aliphatic hydroxyl groups is 1. The number of amides is 1. The van der Waals surface area contributed by atoms with E-state index in [0.717, 1.165) is 6.42 Å². The molecule has 0 unspecified atom stereocenters. The monoisotopic (exact) mass is 185 g/mol. The first-order valence-electron chi connectivity index (χ1n) is 3.71. The van der Waals surface area contributed by atoms with Gasteiger partial charge in [0, 0.05) is 6.54 Å². The molecule has 2 N–H and O–H groups in total. The first kappa shape index (κ1) is 9.22. The van der Waals surface area contributed by atoms with Gasteiger partial charge in [0.15, 0.2) is 0 Å². The Morgan fingerprint density at radius 3 is 3.08 bits per heavy atom. The van der Waals surface area contributed by atoms with Crippen molar-refractivity contribution in [3.63, 3.8) is 0 Å². The van der Waals surface area contributed by atoms with E-state index in [1.807, 2.05) is 16.8 Å². The van der Waals surface area contributed by atoms with Crippen molar-refractivity contribution in [2.75, 3.05) is 13.2 Å². The molecule has 1 rings (SSSR count). The van der Waals surface area contributed by atoms with Crippen LogP contribution in [0.25, 0.3) is 0 Å². The molecule has 1 amide bonds. The second-order valence-corrected chi connectivity index (χ2v) is 3.17. The maximum atomic E-state index is 10.6. The van der Waals surface area contributed by atoms with Gasteiger partial charge in [-0.3, -0.25) is 4.79 Å². The van der Waals surface area contributed by atoms with Gasteiger partial charge in [0.1, 0.15) is 6.61 Å². The number of thiophene rings is 1. The predicted molar refractivity (Wildman–Crippen MR) is 48.1 cm³/mol. The van der Waals surface area contributed by atoms with Crippen LogP contribution < -0.4 is 5.32 Å². The van der Waals surface area contributed by atoms with Crippen LogP contribution in [0.1, 0.15) is 5.56 Å². The molecule has 0 saturated heterocycles. The van der Waals surface area contributed by atoms with Crippen molar-refractivity contribution in [1.29, 1.82) is 0 Å². The molecule has 0 saturated carbocycles. The van der Waals surface area contributed by atoms with Crippen molar-refractivity contribution in [2.45, 2.75) is 6.42 Å². The Hall–Kier alpha value is -0.870. The molecule has 4 heteroatoms. The topological polar surface area (TPSA) is 49.3 Å². The minimum atomic E-state index is -0.427. The number of nitrogens with one attached hydrogen (secondary N) is 1. The van der Waals surface area contributed by atoms with Crippen LogP contribution in [-0.2, 0) is 11.2 Å². The molecule has 0 spiro atoms. The summed E-state index contributed by atoms with van der Waals surface area (Å²) in [6.45, 7) is 0.166. The summed E-state index contributed by atoms with van der Waals surface area (Å²) >= 11 is 1.64. The summed E-state index contributed by atoms with van der Waals surface area (Å²) in [5, 5.41) is 15.0. The molecule has 0 aromatic carbocycles. The molecule has 0 atom stereocenters. The van der Waals surface area contributed by atoms with Gasteiger partial charge in [-0.1, -0.05) is 0 Å². The van der Waals surface area contributed by atoms with E-state index >= 15 is 0 Å². The summed E-state index contributed by atoms with van der Waals surface area (Å²) < 4.78 is 0. The van der Waals surface area contributed by atoms with Gasteiger partial charge in [0.05, 0.1) is 0 Å². The standard InChI is InChI=1S/C8H11NO2S/c10-5-8(11)9-3-1-7-2-4-12-6-7/h2,4,6,10H,1,3,5H2,(H,9,11). The molecule has 0 aliphatic heterocycles. The first-order valence-corrected chi connectivity index (χ1v) is 4.66. The minimum absolute atomic E-state index is 0.315. The fourth-order valence-electron chi connectivity index (χ4n) is 0.837. The van der Waals surface area contributed by atoms with E-state index in [0.29, 0.717) is 6.54 Å². The zero-order valence-electron chi connectivity index (χ0n) is 6.62. The van der Waals surface area contributed by atoms with E-state index < -0.39 is 6.61 Å². The van der Waals surface area contributed by atoms with Gasteiger partial charge < -0.3 is 10.4 Å². The highest BCUT2D eigenvalue weighted by Gasteiger charge is 1.97. The summed E-state index contributed by atoms with van der Waals surface area (Å²) in [5.74, 6) is -0.315. The van der Waals surface area contributed by atoms with E-state index in [-0.39, 0.29) is 5.91 Å². The second kappa shape index (κ2) is 4.90. The average Bonchev–Trinajstić information content (AvgIpc) is 2.57. The molecule has 1 aromatic rings. The van der Waals surface area contributed by atoms with E-state index in [2.05, 4.69) is 5.32 Å². The Balaban J connectivity index is 2.15. The van der Waals surface area contributed by atoms with E-state index in [4.69, 9.17) is 5.11 Å². The molecule has 0 aliphatic carbocycles. The summed E-state index contributed by atoms with van der Waals surface area (Å²) in [5.41, 5.74) is 1.22. The van der Waals surface area contributed by atoms with Crippen LogP contribution in [0.3, 0.4) is 0 Å². The normalized spacial score (nSPS) is 9.75. The molecule has 0 radical (unpaired) electrons. The third-order valence-electron chi connectivity index (χ3n) is 1.46. The number of hydrogen-bond acceptors (Lipinski definition) is 3. The van der Waals surface area contributed by atoms with Gasteiger partial charge in [0.2, 0.25) is 5.91 Å². The van der Waals surface area contributed by atoms with Crippen LogP contribution >= 0.6 is 11.3 Å². The van der Waals surface area contributed by atoms with Gasteiger partial charge in [-0.25, -0.2) is 0 Å². The Morgan fingerprint density at radius 1 is 1.67 bits per heavy atom. The fourth-order valence-corrected chi connectivity index (χ4v) is 1.54. The summed E-state index contributed by atoms with van der Waals surface area (Å²) in [6.07, 6.45) is 0.829. The van der Waals surface area contributed by atoms with Crippen LogP contribution in [0, 0.1) is 0 Å². The van der Waals surface area contributed by atoms with Crippen molar-refractivity contribution in [2.24, 2.45) is 0 Å². The number of hydrogen-bond donors (Lipinski definition) is 2.